The van der Waals surface area contributed by atoms with Crippen LogP contribution in [-0.4, -0.2) is 49.1 Å². The first-order valence-electron chi connectivity index (χ1n) is 6.35. The maximum atomic E-state index is 11.7. The molecule has 9 heteroatoms. The van der Waals surface area contributed by atoms with Crippen LogP contribution in [0.5, 0.6) is 0 Å². The van der Waals surface area contributed by atoms with Crippen LogP contribution in [0.3, 0.4) is 0 Å². The number of aliphatic carboxylic acids is 1. The Morgan fingerprint density at radius 3 is 2.43 bits per heavy atom. The second-order valence-corrected chi connectivity index (χ2v) is 3.99. The fraction of sp³-hybridized carbons (Fsp3) is 0.667. The number of hydrogen-bond acceptors (Lipinski definition) is 7. The molecule has 0 unspecified atom stereocenters. The fourth-order valence-electron chi connectivity index (χ4n) is 1.20. The van der Waals surface area contributed by atoms with Crippen molar-refractivity contribution in [2.24, 2.45) is 0 Å². The molecule has 0 spiro atoms. The maximum absolute atomic E-state index is 11.7. The molecule has 21 heavy (non-hydrogen) atoms. The zero-order valence-corrected chi connectivity index (χ0v) is 11.9. The van der Waals surface area contributed by atoms with Gasteiger partial charge in [0.15, 0.2) is 0 Å². The summed E-state index contributed by atoms with van der Waals surface area (Å²) in [6, 6.07) is -1.31. The lowest BCUT2D eigenvalue weighted by atomic mass is 10.1. The van der Waals surface area contributed by atoms with Crippen molar-refractivity contribution in [2.45, 2.75) is 38.6 Å². The number of carboxylic acid groups (broad SMARTS) is 1. The van der Waals surface area contributed by atoms with Crippen molar-refractivity contribution in [3.05, 3.63) is 0 Å². The smallest absolute Gasteiger partial charge is 0.481 e. The van der Waals surface area contributed by atoms with Gasteiger partial charge in [0.05, 0.1) is 13.7 Å². The molecule has 0 aliphatic rings. The van der Waals surface area contributed by atoms with Crippen molar-refractivity contribution < 1.29 is 38.5 Å². The summed E-state index contributed by atoms with van der Waals surface area (Å²) in [5, 5.41) is 10.7. The number of carboxylic acids is 1. The van der Waals surface area contributed by atoms with E-state index >= 15 is 0 Å². The Morgan fingerprint density at radius 2 is 1.90 bits per heavy atom. The lowest BCUT2D eigenvalue weighted by Gasteiger charge is -2.15. The van der Waals surface area contributed by atoms with Gasteiger partial charge in [-0.05, 0) is 12.8 Å². The molecule has 0 aromatic heterocycles. The number of esters is 1. The van der Waals surface area contributed by atoms with Gasteiger partial charge >= 0.3 is 24.2 Å². The molecule has 0 bridgehead atoms. The normalized spacial score (nSPS) is 11.1. The first-order chi connectivity index (χ1) is 9.90. The van der Waals surface area contributed by atoms with Crippen LogP contribution >= 0.6 is 0 Å². The van der Waals surface area contributed by atoms with E-state index in [9.17, 15) is 19.2 Å². The summed E-state index contributed by atoms with van der Waals surface area (Å²) < 4.78 is 13.3. The van der Waals surface area contributed by atoms with Crippen LogP contribution in [0.25, 0.3) is 0 Å². The second kappa shape index (κ2) is 10.5. The lowest BCUT2D eigenvalue weighted by Crippen LogP contribution is -2.42. The lowest BCUT2D eigenvalue weighted by molar-refractivity contribution is -0.142. The quantitative estimate of drug-likeness (QED) is 0.387. The topological polar surface area (TPSA) is 128 Å². The molecule has 0 saturated heterocycles. The number of unbranched alkanes of at least 4 members (excludes halogenated alkanes) is 1. The highest BCUT2D eigenvalue weighted by atomic mass is 16.7. The van der Waals surface area contributed by atoms with E-state index in [0.29, 0.717) is 6.42 Å². The molecule has 0 rings (SSSR count). The summed E-state index contributed by atoms with van der Waals surface area (Å²) in [5.41, 5.74) is 0. The molecule has 0 aliphatic heterocycles. The predicted molar refractivity (Wildman–Crippen MR) is 68.5 cm³/mol. The minimum absolute atomic E-state index is 0.104. The summed E-state index contributed by atoms with van der Waals surface area (Å²) in [7, 11) is 1.08. The average Bonchev–Trinajstić information content (AvgIpc) is 2.42. The third-order valence-electron chi connectivity index (χ3n) is 2.31. The van der Waals surface area contributed by atoms with Gasteiger partial charge in [-0.1, -0.05) is 13.3 Å². The first-order valence-corrected chi connectivity index (χ1v) is 6.35. The van der Waals surface area contributed by atoms with Crippen LogP contribution in [0, 0.1) is 0 Å². The van der Waals surface area contributed by atoms with Gasteiger partial charge < -0.3 is 24.6 Å². The minimum Gasteiger partial charge on any atom is -0.481 e. The first kappa shape index (κ1) is 18.7. The van der Waals surface area contributed by atoms with Gasteiger partial charge in [-0.15, -0.1) is 0 Å². The summed E-state index contributed by atoms with van der Waals surface area (Å²) in [5.74, 6) is -2.27. The van der Waals surface area contributed by atoms with E-state index in [1.165, 1.54) is 0 Å². The minimum atomic E-state index is -1.31. The summed E-state index contributed by atoms with van der Waals surface area (Å²) in [6.07, 6.45) is -1.36. The molecule has 120 valence electrons. The summed E-state index contributed by atoms with van der Waals surface area (Å²) in [6.45, 7) is 1.99. The van der Waals surface area contributed by atoms with E-state index in [-0.39, 0.29) is 13.0 Å². The van der Waals surface area contributed by atoms with E-state index in [2.05, 4.69) is 19.5 Å². The van der Waals surface area contributed by atoms with Gasteiger partial charge in [-0.3, -0.25) is 4.79 Å². The monoisotopic (exact) mass is 305 g/mol. The number of hydrogen-bond donors (Lipinski definition) is 2. The molecule has 0 heterocycles. The SMILES string of the molecule is CCCCOC(=O)OC(=O)[C@H](CCC(=O)O)NC(=O)OC. The molecule has 0 aromatic carbocycles. The van der Waals surface area contributed by atoms with Gasteiger partial charge in [0, 0.05) is 6.42 Å². The van der Waals surface area contributed by atoms with Crippen molar-refractivity contribution in [3.63, 3.8) is 0 Å². The number of carbonyl (C=O) groups excluding carboxylic acids is 3. The highest BCUT2D eigenvalue weighted by molar-refractivity contribution is 5.88. The molecule has 9 nitrogen and oxygen atoms in total. The molecule has 1 amide bonds. The zero-order valence-electron chi connectivity index (χ0n) is 11.9. The summed E-state index contributed by atoms with van der Waals surface area (Å²) >= 11 is 0. The Hall–Kier alpha value is -2.32. The number of methoxy groups -OCH3 is 1. The number of nitrogens with one attached hydrogen (secondary N) is 1. The number of amides is 1. The van der Waals surface area contributed by atoms with Crippen molar-refractivity contribution in [2.75, 3.05) is 13.7 Å². The number of carbonyl (C=O) groups is 4. The van der Waals surface area contributed by atoms with E-state index in [0.717, 1.165) is 13.5 Å². The number of ether oxygens (including phenoxy) is 3. The summed E-state index contributed by atoms with van der Waals surface area (Å²) in [4.78, 5) is 44.4. The Balaban J connectivity index is 4.44. The molecule has 0 fully saturated rings. The molecule has 0 radical (unpaired) electrons. The van der Waals surface area contributed by atoms with Crippen LogP contribution in [0.15, 0.2) is 0 Å². The third-order valence-corrected chi connectivity index (χ3v) is 2.31. The van der Waals surface area contributed by atoms with Crippen molar-refractivity contribution >= 4 is 24.2 Å². The largest absolute Gasteiger partial charge is 0.516 e. The molecule has 0 aromatic rings. The van der Waals surface area contributed by atoms with E-state index in [4.69, 9.17) is 5.11 Å². The van der Waals surface area contributed by atoms with Crippen LogP contribution in [-0.2, 0) is 23.8 Å². The Kier molecular flexibility index (Phi) is 9.31. The Morgan fingerprint density at radius 1 is 1.24 bits per heavy atom. The van der Waals surface area contributed by atoms with Gasteiger partial charge in [-0.2, -0.15) is 0 Å². The van der Waals surface area contributed by atoms with E-state index in [1.807, 2.05) is 6.92 Å². The predicted octanol–water partition coefficient (Wildman–Crippen LogP) is 1.06. The van der Waals surface area contributed by atoms with Crippen molar-refractivity contribution in [3.8, 4) is 0 Å². The molecule has 0 saturated carbocycles. The van der Waals surface area contributed by atoms with Gasteiger partial charge in [0.2, 0.25) is 0 Å². The number of alkyl carbamates (subject to hydrolysis) is 1. The highest BCUT2D eigenvalue weighted by Gasteiger charge is 2.26. The Labute approximate surface area is 121 Å². The standard InChI is InChI=1S/C12H19NO8/c1-3-4-7-20-12(18)21-10(16)8(5-6-9(14)15)13-11(17)19-2/h8H,3-7H2,1-2H3,(H,13,17)(H,14,15)/t8-/m0/s1. The zero-order chi connectivity index (χ0) is 16.3. The van der Waals surface area contributed by atoms with Crippen LogP contribution in [0.4, 0.5) is 9.59 Å². The van der Waals surface area contributed by atoms with E-state index in [1.54, 1.807) is 0 Å². The molecular formula is C12H19NO8. The van der Waals surface area contributed by atoms with Crippen LogP contribution in [0.2, 0.25) is 0 Å². The third kappa shape index (κ3) is 9.25. The Bertz CT molecular complexity index is 381. The van der Waals surface area contributed by atoms with Gasteiger partial charge in [-0.25, -0.2) is 14.4 Å². The second-order valence-electron chi connectivity index (χ2n) is 3.99. The molecule has 1 atom stereocenters. The van der Waals surface area contributed by atoms with E-state index < -0.39 is 36.6 Å². The molecule has 0 aliphatic carbocycles. The fourth-order valence-corrected chi connectivity index (χ4v) is 1.20. The number of rotatable bonds is 8. The van der Waals surface area contributed by atoms with Gasteiger partial charge in [0.25, 0.3) is 0 Å². The molecular weight excluding hydrogens is 286 g/mol. The van der Waals surface area contributed by atoms with Crippen LogP contribution < -0.4 is 5.32 Å². The van der Waals surface area contributed by atoms with Crippen LogP contribution in [0.1, 0.15) is 32.6 Å². The highest BCUT2D eigenvalue weighted by Crippen LogP contribution is 2.03. The maximum Gasteiger partial charge on any atom is 0.516 e. The van der Waals surface area contributed by atoms with Crippen molar-refractivity contribution in [1.29, 1.82) is 0 Å². The van der Waals surface area contributed by atoms with Gasteiger partial charge in [0.1, 0.15) is 6.04 Å². The average molecular weight is 305 g/mol. The van der Waals surface area contributed by atoms with Crippen molar-refractivity contribution in [1.82, 2.24) is 5.32 Å². The molecule has 2 N–H and O–H groups in total.